The SMILES string of the molecule is COC(=O)[C@]1(C)CCC[C@]2(C)c3cc(Cl)c(C(C)C)c(Cl)c3C(=O)N(CCOCc3ccccc3)C[C@@H]12. The van der Waals surface area contributed by atoms with E-state index in [9.17, 15) is 9.59 Å². The van der Waals surface area contributed by atoms with Gasteiger partial charge in [0.05, 0.1) is 36.3 Å². The molecular formula is C30H37Cl2NO4. The summed E-state index contributed by atoms with van der Waals surface area (Å²) in [5.74, 6) is -0.489. The lowest BCUT2D eigenvalue weighted by molar-refractivity contribution is -0.161. The van der Waals surface area contributed by atoms with Crippen molar-refractivity contribution in [3.63, 3.8) is 0 Å². The molecule has 1 aliphatic carbocycles. The molecule has 3 atom stereocenters. The molecule has 2 aromatic rings. The topological polar surface area (TPSA) is 55.8 Å². The minimum atomic E-state index is -0.748. The van der Waals surface area contributed by atoms with Gasteiger partial charge in [0.15, 0.2) is 0 Å². The molecule has 0 spiro atoms. The Kier molecular flexibility index (Phi) is 8.27. The van der Waals surface area contributed by atoms with E-state index in [1.165, 1.54) is 7.11 Å². The molecule has 1 saturated carbocycles. The van der Waals surface area contributed by atoms with Crippen LogP contribution in [0, 0.1) is 11.3 Å². The number of fused-ring (bicyclic) bond motifs is 3. The Morgan fingerprint density at radius 3 is 2.51 bits per heavy atom. The molecule has 1 aliphatic heterocycles. The zero-order chi connectivity index (χ0) is 27.0. The predicted octanol–water partition coefficient (Wildman–Crippen LogP) is 7.03. The van der Waals surface area contributed by atoms with E-state index < -0.39 is 10.8 Å². The number of nitrogens with zero attached hydrogens (tertiary/aromatic N) is 1. The standard InChI is InChI=1S/C30H37Cl2NO4/c1-19(2)24-22(31)16-21-25(26(24)32)27(34)33(14-15-37-18-20-10-7-6-8-11-20)17-23-29(21,3)12-9-13-30(23,4)28(35)36-5/h6-8,10-11,16,19,23H,9,12-15,17-18H2,1-5H3/t23-,29-,30-/m1/s1. The van der Waals surface area contributed by atoms with Gasteiger partial charge in [0.1, 0.15) is 0 Å². The van der Waals surface area contributed by atoms with Crippen LogP contribution in [-0.2, 0) is 26.3 Å². The number of hydrogen-bond acceptors (Lipinski definition) is 4. The van der Waals surface area contributed by atoms with Gasteiger partial charge in [-0.25, -0.2) is 0 Å². The number of ether oxygens (including phenoxy) is 2. The molecule has 1 fully saturated rings. The van der Waals surface area contributed by atoms with Gasteiger partial charge < -0.3 is 14.4 Å². The van der Waals surface area contributed by atoms with E-state index in [0.717, 1.165) is 29.5 Å². The molecule has 0 saturated heterocycles. The highest BCUT2D eigenvalue weighted by Gasteiger charge is 2.57. The lowest BCUT2D eigenvalue weighted by atomic mass is 9.53. The van der Waals surface area contributed by atoms with Crippen LogP contribution in [0.5, 0.6) is 0 Å². The quantitative estimate of drug-likeness (QED) is 0.277. The minimum Gasteiger partial charge on any atom is -0.469 e. The highest BCUT2D eigenvalue weighted by molar-refractivity contribution is 6.38. The molecule has 0 N–H and O–H groups in total. The average molecular weight is 547 g/mol. The Labute approximate surface area is 230 Å². The maximum atomic E-state index is 14.2. The summed E-state index contributed by atoms with van der Waals surface area (Å²) >= 11 is 13.8. The highest BCUT2D eigenvalue weighted by atomic mass is 35.5. The largest absolute Gasteiger partial charge is 0.469 e. The molecule has 1 amide bonds. The lowest BCUT2D eigenvalue weighted by Crippen LogP contribution is -2.54. The first-order chi connectivity index (χ1) is 17.5. The number of carbonyl (C=O) groups excluding carboxylic acids is 2. The summed E-state index contributed by atoms with van der Waals surface area (Å²) < 4.78 is 11.3. The van der Waals surface area contributed by atoms with Crippen LogP contribution in [0.3, 0.4) is 0 Å². The Bertz CT molecular complexity index is 1170. The molecule has 5 nitrogen and oxygen atoms in total. The van der Waals surface area contributed by atoms with Crippen LogP contribution < -0.4 is 0 Å². The van der Waals surface area contributed by atoms with Gasteiger partial charge in [-0.15, -0.1) is 0 Å². The molecule has 37 heavy (non-hydrogen) atoms. The number of benzene rings is 2. The van der Waals surface area contributed by atoms with Crippen molar-refractivity contribution >= 4 is 35.1 Å². The molecule has 1 heterocycles. The first-order valence-corrected chi connectivity index (χ1v) is 13.8. The van der Waals surface area contributed by atoms with Crippen LogP contribution in [0.4, 0.5) is 0 Å². The summed E-state index contributed by atoms with van der Waals surface area (Å²) in [7, 11) is 1.44. The molecule has 200 valence electrons. The van der Waals surface area contributed by atoms with Gasteiger partial charge in [0.2, 0.25) is 0 Å². The number of methoxy groups -OCH3 is 1. The number of esters is 1. The normalized spacial score (nSPS) is 25.5. The van der Waals surface area contributed by atoms with Gasteiger partial charge >= 0.3 is 5.97 Å². The molecule has 0 radical (unpaired) electrons. The summed E-state index contributed by atoms with van der Waals surface area (Å²) in [5, 5.41) is 0.987. The Hall–Kier alpha value is -2.08. The second kappa shape index (κ2) is 11.0. The molecule has 0 aromatic heterocycles. The fraction of sp³-hybridized carbons (Fsp3) is 0.533. The molecule has 2 aromatic carbocycles. The first-order valence-electron chi connectivity index (χ1n) is 13.1. The fourth-order valence-electron chi connectivity index (χ4n) is 6.49. The molecule has 0 bridgehead atoms. The smallest absolute Gasteiger partial charge is 0.311 e. The van der Waals surface area contributed by atoms with Gasteiger partial charge in [-0.3, -0.25) is 9.59 Å². The fourth-order valence-corrected chi connectivity index (χ4v) is 7.47. The van der Waals surface area contributed by atoms with Crippen molar-refractivity contribution in [2.75, 3.05) is 26.8 Å². The Balaban J connectivity index is 1.76. The Morgan fingerprint density at radius 2 is 1.86 bits per heavy atom. The molecular weight excluding hydrogens is 509 g/mol. The van der Waals surface area contributed by atoms with E-state index in [1.54, 1.807) is 0 Å². The third kappa shape index (κ3) is 5.03. The number of carbonyl (C=O) groups is 2. The summed E-state index contributed by atoms with van der Waals surface area (Å²) in [6.45, 7) is 9.82. The van der Waals surface area contributed by atoms with Crippen molar-refractivity contribution in [3.8, 4) is 0 Å². The number of halogens is 2. The van der Waals surface area contributed by atoms with E-state index in [4.69, 9.17) is 32.7 Å². The molecule has 2 aliphatic rings. The predicted molar refractivity (Wildman–Crippen MR) is 147 cm³/mol. The monoisotopic (exact) mass is 545 g/mol. The number of amides is 1. The summed E-state index contributed by atoms with van der Waals surface area (Å²) in [6.07, 6.45) is 2.37. The van der Waals surface area contributed by atoms with Crippen molar-refractivity contribution in [1.82, 2.24) is 4.90 Å². The van der Waals surface area contributed by atoms with Gasteiger partial charge in [-0.2, -0.15) is 0 Å². The maximum Gasteiger partial charge on any atom is 0.311 e. The minimum absolute atomic E-state index is 0.0549. The first kappa shape index (κ1) is 27.9. The van der Waals surface area contributed by atoms with Crippen LogP contribution in [0.15, 0.2) is 36.4 Å². The van der Waals surface area contributed by atoms with Crippen LogP contribution in [0.25, 0.3) is 0 Å². The summed E-state index contributed by atoms with van der Waals surface area (Å²) in [5.41, 5.74) is 1.98. The number of rotatable bonds is 7. The van der Waals surface area contributed by atoms with Crippen LogP contribution >= 0.6 is 23.2 Å². The van der Waals surface area contributed by atoms with Crippen LogP contribution in [0.1, 0.15) is 79.9 Å². The Morgan fingerprint density at radius 1 is 1.16 bits per heavy atom. The number of hydrogen-bond donors (Lipinski definition) is 0. The zero-order valence-corrected chi connectivity index (χ0v) is 23.9. The summed E-state index contributed by atoms with van der Waals surface area (Å²) in [4.78, 5) is 29.2. The van der Waals surface area contributed by atoms with Gasteiger partial charge in [0, 0.05) is 24.0 Å². The van der Waals surface area contributed by atoms with Crippen LogP contribution in [-0.4, -0.2) is 43.6 Å². The molecule has 7 heteroatoms. The highest BCUT2D eigenvalue weighted by Crippen LogP contribution is 2.57. The average Bonchev–Trinajstić information content (AvgIpc) is 2.95. The van der Waals surface area contributed by atoms with Crippen molar-refractivity contribution in [3.05, 3.63) is 68.7 Å². The second-order valence-electron chi connectivity index (χ2n) is 11.2. The van der Waals surface area contributed by atoms with Crippen molar-refractivity contribution in [2.45, 2.75) is 64.9 Å². The van der Waals surface area contributed by atoms with E-state index in [2.05, 4.69) is 6.92 Å². The van der Waals surface area contributed by atoms with E-state index >= 15 is 0 Å². The van der Waals surface area contributed by atoms with E-state index in [0.29, 0.717) is 48.3 Å². The summed E-state index contributed by atoms with van der Waals surface area (Å²) in [6, 6.07) is 11.9. The maximum absolute atomic E-state index is 14.2. The molecule has 0 unspecified atom stereocenters. The van der Waals surface area contributed by atoms with E-state index in [-0.39, 0.29) is 23.7 Å². The molecule has 4 rings (SSSR count). The van der Waals surface area contributed by atoms with Gasteiger partial charge in [-0.1, -0.05) is 80.7 Å². The third-order valence-electron chi connectivity index (χ3n) is 8.55. The third-order valence-corrected chi connectivity index (χ3v) is 9.25. The second-order valence-corrected chi connectivity index (χ2v) is 12.0. The lowest BCUT2D eigenvalue weighted by Gasteiger charge is -2.51. The van der Waals surface area contributed by atoms with Crippen molar-refractivity contribution < 1.29 is 19.1 Å². The van der Waals surface area contributed by atoms with E-state index in [1.807, 2.05) is 62.1 Å². The van der Waals surface area contributed by atoms with Gasteiger partial charge in [-0.05, 0) is 53.9 Å². The van der Waals surface area contributed by atoms with Crippen molar-refractivity contribution in [2.24, 2.45) is 11.3 Å². The zero-order valence-electron chi connectivity index (χ0n) is 22.4. The van der Waals surface area contributed by atoms with Crippen molar-refractivity contribution in [1.29, 1.82) is 0 Å². The van der Waals surface area contributed by atoms with Gasteiger partial charge in [0.25, 0.3) is 5.91 Å². The van der Waals surface area contributed by atoms with Crippen LogP contribution in [0.2, 0.25) is 10.0 Å².